The van der Waals surface area contributed by atoms with E-state index in [0.717, 1.165) is 0 Å². The Labute approximate surface area is 170 Å². The van der Waals surface area contributed by atoms with Crippen molar-refractivity contribution in [1.29, 1.82) is 0 Å². The van der Waals surface area contributed by atoms with E-state index in [1.165, 1.54) is 35.2 Å². The van der Waals surface area contributed by atoms with Gasteiger partial charge < -0.3 is 4.90 Å². The Bertz CT molecular complexity index is 1080. The lowest BCUT2D eigenvalue weighted by molar-refractivity contribution is -0.130. The normalized spacial score (nSPS) is 19.5. The predicted molar refractivity (Wildman–Crippen MR) is 107 cm³/mol. The van der Waals surface area contributed by atoms with Crippen LogP contribution < -0.4 is 0 Å². The molecular weight excluding hydrogens is 417 g/mol. The van der Waals surface area contributed by atoms with Crippen LogP contribution in [0.25, 0.3) is 0 Å². The third-order valence-corrected chi connectivity index (χ3v) is 8.87. The van der Waals surface area contributed by atoms with Gasteiger partial charge in [0.05, 0.1) is 21.7 Å². The van der Waals surface area contributed by atoms with Crippen LogP contribution in [-0.2, 0) is 24.5 Å². The van der Waals surface area contributed by atoms with Gasteiger partial charge >= 0.3 is 0 Å². The van der Waals surface area contributed by atoms with Crippen molar-refractivity contribution in [2.45, 2.75) is 23.0 Å². The second kappa shape index (κ2) is 8.62. The fourth-order valence-corrected chi connectivity index (χ4v) is 6.46. The molecule has 1 saturated heterocycles. The van der Waals surface area contributed by atoms with Gasteiger partial charge in [-0.2, -0.15) is 0 Å². The zero-order valence-corrected chi connectivity index (χ0v) is 17.3. The van der Waals surface area contributed by atoms with Gasteiger partial charge in [-0.05, 0) is 24.6 Å². The van der Waals surface area contributed by atoms with E-state index in [1.807, 2.05) is 0 Å². The highest BCUT2D eigenvalue weighted by molar-refractivity contribution is 7.91. The Hall–Kier alpha value is -2.26. The van der Waals surface area contributed by atoms with Crippen LogP contribution >= 0.6 is 0 Å². The molecule has 1 fully saturated rings. The van der Waals surface area contributed by atoms with Gasteiger partial charge in [0.25, 0.3) is 0 Å². The Balaban J connectivity index is 1.69. The smallest absolute Gasteiger partial charge is 0.223 e. The molecule has 0 aromatic heterocycles. The first kappa shape index (κ1) is 21.4. The number of rotatable bonds is 5. The minimum absolute atomic E-state index is 0.0303. The molecule has 0 radical (unpaired) electrons. The average Bonchev–Trinajstić information content (AvgIpc) is 2.85. The van der Waals surface area contributed by atoms with Crippen molar-refractivity contribution >= 4 is 25.6 Å². The zero-order chi connectivity index (χ0) is 21.1. The third-order valence-electron chi connectivity index (χ3n) is 5.03. The van der Waals surface area contributed by atoms with E-state index in [2.05, 4.69) is 0 Å². The van der Waals surface area contributed by atoms with Gasteiger partial charge in [0.1, 0.15) is 5.82 Å². The molecule has 9 heteroatoms. The van der Waals surface area contributed by atoms with E-state index in [0.29, 0.717) is 0 Å². The first-order valence-corrected chi connectivity index (χ1v) is 12.6. The summed E-state index contributed by atoms with van der Waals surface area (Å²) in [6, 6.07) is 13.6. The number of hydrogen-bond donors (Lipinski definition) is 0. The molecule has 3 rings (SSSR count). The average molecular weight is 440 g/mol. The van der Waals surface area contributed by atoms with Crippen molar-refractivity contribution in [3.8, 4) is 0 Å². The summed E-state index contributed by atoms with van der Waals surface area (Å²) in [4.78, 5) is 14.0. The molecule has 0 N–H and O–H groups in total. The first-order chi connectivity index (χ1) is 13.7. The topological polar surface area (TPSA) is 88.6 Å². The molecule has 1 atom stereocenters. The van der Waals surface area contributed by atoms with Crippen molar-refractivity contribution in [1.82, 2.24) is 4.90 Å². The molecule has 1 aliphatic rings. The molecule has 1 amide bonds. The van der Waals surface area contributed by atoms with E-state index in [9.17, 15) is 26.0 Å². The summed E-state index contributed by atoms with van der Waals surface area (Å²) in [7, 11) is -7.24. The maximum atomic E-state index is 14.1. The number of sulfone groups is 2. The van der Waals surface area contributed by atoms with E-state index >= 15 is 0 Å². The second-order valence-corrected chi connectivity index (χ2v) is 11.3. The van der Waals surface area contributed by atoms with Gasteiger partial charge in [-0.3, -0.25) is 4.79 Å². The molecule has 1 heterocycles. The lowest BCUT2D eigenvalue weighted by atomic mass is 10.1. The van der Waals surface area contributed by atoms with Gasteiger partial charge in [-0.15, -0.1) is 0 Å². The van der Waals surface area contributed by atoms with Gasteiger partial charge in [-0.25, -0.2) is 21.2 Å². The van der Waals surface area contributed by atoms with Crippen LogP contribution in [0.15, 0.2) is 59.5 Å². The largest absolute Gasteiger partial charge is 0.342 e. The summed E-state index contributed by atoms with van der Waals surface area (Å²) in [6.45, 7) is 0.0972. The van der Waals surface area contributed by atoms with E-state index in [-0.39, 0.29) is 47.9 Å². The Morgan fingerprint density at radius 3 is 2.38 bits per heavy atom. The van der Waals surface area contributed by atoms with Crippen LogP contribution in [0.3, 0.4) is 0 Å². The predicted octanol–water partition coefficient (Wildman–Crippen LogP) is 2.38. The number of hydrogen-bond acceptors (Lipinski definition) is 5. The number of halogens is 1. The number of benzene rings is 2. The van der Waals surface area contributed by atoms with Crippen LogP contribution in [0.5, 0.6) is 0 Å². The molecule has 1 unspecified atom stereocenters. The minimum Gasteiger partial charge on any atom is -0.342 e. The highest BCUT2D eigenvalue weighted by atomic mass is 32.2. The van der Waals surface area contributed by atoms with Gasteiger partial charge in [0.15, 0.2) is 19.7 Å². The van der Waals surface area contributed by atoms with Crippen molar-refractivity contribution < 1.29 is 26.0 Å². The SMILES string of the molecule is O=C(CCS(=O)(=O)c1ccccc1)N1CCC(c2ccccc2F)S(=O)(=O)CC1. The van der Waals surface area contributed by atoms with Gasteiger partial charge in [0.2, 0.25) is 5.91 Å². The summed E-state index contributed by atoms with van der Waals surface area (Å²) in [5.41, 5.74) is 0.105. The Morgan fingerprint density at radius 1 is 1.03 bits per heavy atom. The lowest BCUT2D eigenvalue weighted by Crippen LogP contribution is -2.34. The van der Waals surface area contributed by atoms with E-state index in [4.69, 9.17) is 0 Å². The number of nitrogens with zero attached hydrogens (tertiary/aromatic N) is 1. The summed E-state index contributed by atoms with van der Waals surface area (Å²) in [5, 5.41) is -1.02. The van der Waals surface area contributed by atoms with E-state index < -0.39 is 36.6 Å². The molecule has 2 aromatic rings. The highest BCUT2D eigenvalue weighted by Gasteiger charge is 2.34. The third kappa shape index (κ3) is 5.02. The fraction of sp³-hybridized carbons (Fsp3) is 0.350. The van der Waals surface area contributed by atoms with Crippen LogP contribution in [0.1, 0.15) is 23.7 Å². The molecule has 2 aromatic carbocycles. The molecule has 1 aliphatic heterocycles. The molecule has 29 heavy (non-hydrogen) atoms. The van der Waals surface area contributed by atoms with Crippen LogP contribution in [0.4, 0.5) is 4.39 Å². The fourth-order valence-electron chi connectivity index (χ4n) is 3.40. The summed E-state index contributed by atoms with van der Waals surface area (Å²) < 4.78 is 64.1. The Kier molecular flexibility index (Phi) is 6.38. The summed E-state index contributed by atoms with van der Waals surface area (Å²) in [6.07, 6.45) is -0.165. The maximum Gasteiger partial charge on any atom is 0.223 e. The van der Waals surface area contributed by atoms with Gasteiger partial charge in [0, 0.05) is 25.1 Å². The van der Waals surface area contributed by atoms with Crippen LogP contribution in [0, 0.1) is 5.82 Å². The van der Waals surface area contributed by atoms with Crippen LogP contribution in [-0.4, -0.2) is 52.2 Å². The molecule has 156 valence electrons. The standard InChI is InChI=1S/C20H22FNO5S2/c21-18-9-5-4-8-17(18)19-10-12-22(13-15-29(19,26)27)20(23)11-14-28(24,25)16-6-2-1-3-7-16/h1-9,19H,10-15H2. The van der Waals surface area contributed by atoms with E-state index in [1.54, 1.807) is 24.3 Å². The number of amides is 1. The lowest BCUT2D eigenvalue weighted by Gasteiger charge is -2.20. The molecule has 0 bridgehead atoms. The monoisotopic (exact) mass is 439 g/mol. The van der Waals surface area contributed by atoms with Crippen molar-refractivity contribution in [3.05, 3.63) is 66.0 Å². The first-order valence-electron chi connectivity index (χ1n) is 9.22. The molecule has 0 spiro atoms. The molecular formula is C20H22FNO5S2. The van der Waals surface area contributed by atoms with Crippen molar-refractivity contribution in [3.63, 3.8) is 0 Å². The number of carbonyl (C=O) groups excluding carboxylic acids is 1. The van der Waals surface area contributed by atoms with Gasteiger partial charge in [-0.1, -0.05) is 36.4 Å². The van der Waals surface area contributed by atoms with Crippen LogP contribution in [0.2, 0.25) is 0 Å². The van der Waals surface area contributed by atoms with Crippen molar-refractivity contribution in [2.24, 2.45) is 0 Å². The quantitative estimate of drug-likeness (QED) is 0.714. The second-order valence-electron chi connectivity index (χ2n) is 6.93. The Morgan fingerprint density at radius 2 is 1.69 bits per heavy atom. The summed E-state index contributed by atoms with van der Waals surface area (Å²) >= 11 is 0. The molecule has 6 nitrogen and oxygen atoms in total. The number of carbonyl (C=O) groups is 1. The maximum absolute atomic E-state index is 14.1. The minimum atomic E-state index is -3.64. The summed E-state index contributed by atoms with van der Waals surface area (Å²) in [5.74, 6) is -1.65. The zero-order valence-electron chi connectivity index (χ0n) is 15.7. The highest BCUT2D eigenvalue weighted by Crippen LogP contribution is 2.31. The molecule has 0 saturated carbocycles. The van der Waals surface area contributed by atoms with Crippen molar-refractivity contribution in [2.75, 3.05) is 24.6 Å². The molecule has 0 aliphatic carbocycles.